The highest BCUT2D eigenvalue weighted by Crippen LogP contribution is 2.31. The number of sulfonamides is 1. The van der Waals surface area contributed by atoms with Gasteiger partial charge in [0.05, 0.1) is 20.3 Å². The van der Waals surface area contributed by atoms with Gasteiger partial charge in [-0.3, -0.25) is 4.79 Å². The van der Waals surface area contributed by atoms with Gasteiger partial charge in [-0.15, -0.1) is 0 Å². The SMILES string of the molecule is CCOc1cc(/C=C/C(=O)Nc2ccc(OCC)c(S(=O)(=O)N(CC)CC)c2)ccc1OC. The van der Waals surface area contributed by atoms with Gasteiger partial charge in [-0.2, -0.15) is 4.31 Å². The molecule has 1 amide bonds. The number of carbonyl (C=O) groups is 1. The molecule has 0 saturated heterocycles. The number of hydrogen-bond donors (Lipinski definition) is 1. The van der Waals surface area contributed by atoms with E-state index in [0.717, 1.165) is 5.56 Å². The van der Waals surface area contributed by atoms with Crippen molar-refractivity contribution in [2.24, 2.45) is 0 Å². The van der Waals surface area contributed by atoms with Crippen molar-refractivity contribution in [2.75, 3.05) is 38.7 Å². The zero-order chi connectivity index (χ0) is 24.4. The van der Waals surface area contributed by atoms with Gasteiger partial charge in [0.15, 0.2) is 11.5 Å². The summed E-state index contributed by atoms with van der Waals surface area (Å²) < 4.78 is 43.8. The standard InChI is InChI=1S/C24H32N2O6S/c1-6-26(7-2)33(28,29)23-17-19(12-14-21(23)31-8-3)25-24(27)15-11-18-10-13-20(30-5)22(16-18)32-9-4/h10-17H,6-9H2,1-5H3,(H,25,27)/b15-11+. The molecule has 9 heteroatoms. The van der Waals surface area contributed by atoms with E-state index in [2.05, 4.69) is 5.32 Å². The van der Waals surface area contributed by atoms with Gasteiger partial charge < -0.3 is 19.5 Å². The lowest BCUT2D eigenvalue weighted by molar-refractivity contribution is -0.111. The molecule has 180 valence electrons. The maximum Gasteiger partial charge on any atom is 0.248 e. The van der Waals surface area contributed by atoms with E-state index in [1.54, 1.807) is 64.3 Å². The minimum Gasteiger partial charge on any atom is -0.493 e. The number of hydrogen-bond acceptors (Lipinski definition) is 6. The van der Waals surface area contributed by atoms with Gasteiger partial charge in [-0.1, -0.05) is 19.9 Å². The van der Waals surface area contributed by atoms with E-state index in [9.17, 15) is 13.2 Å². The Morgan fingerprint density at radius 3 is 2.18 bits per heavy atom. The van der Waals surface area contributed by atoms with Crippen molar-refractivity contribution in [3.63, 3.8) is 0 Å². The second-order valence-electron chi connectivity index (χ2n) is 6.85. The maximum absolute atomic E-state index is 13.1. The fraction of sp³-hybridized carbons (Fsp3) is 0.375. The van der Waals surface area contributed by atoms with Crippen molar-refractivity contribution < 1.29 is 27.4 Å². The van der Waals surface area contributed by atoms with Crippen molar-refractivity contribution in [3.8, 4) is 17.2 Å². The number of amides is 1. The summed E-state index contributed by atoms with van der Waals surface area (Å²) in [5.41, 5.74) is 1.11. The van der Waals surface area contributed by atoms with Gasteiger partial charge in [-0.05, 0) is 55.8 Å². The number of methoxy groups -OCH3 is 1. The monoisotopic (exact) mass is 476 g/mol. The summed E-state index contributed by atoms with van der Waals surface area (Å²) in [7, 11) is -2.21. The molecule has 0 aliphatic heterocycles. The molecule has 2 aromatic carbocycles. The van der Waals surface area contributed by atoms with E-state index in [0.29, 0.717) is 43.5 Å². The molecule has 33 heavy (non-hydrogen) atoms. The Labute approximate surface area is 196 Å². The van der Waals surface area contributed by atoms with Crippen molar-refractivity contribution in [1.29, 1.82) is 0 Å². The van der Waals surface area contributed by atoms with Gasteiger partial charge in [0.25, 0.3) is 0 Å². The summed E-state index contributed by atoms with van der Waals surface area (Å²) in [5.74, 6) is 1.04. The summed E-state index contributed by atoms with van der Waals surface area (Å²) in [6.45, 7) is 8.67. The molecule has 1 N–H and O–H groups in total. The molecule has 2 aromatic rings. The van der Waals surface area contributed by atoms with Crippen LogP contribution in [-0.2, 0) is 14.8 Å². The van der Waals surface area contributed by atoms with Crippen LogP contribution in [0.1, 0.15) is 33.3 Å². The highest BCUT2D eigenvalue weighted by molar-refractivity contribution is 7.89. The Balaban J connectivity index is 2.27. The molecule has 0 saturated carbocycles. The molecule has 0 spiro atoms. The van der Waals surface area contributed by atoms with Crippen molar-refractivity contribution in [3.05, 3.63) is 48.0 Å². The molecule has 8 nitrogen and oxygen atoms in total. The number of rotatable bonds is 12. The number of benzene rings is 2. The molecule has 0 unspecified atom stereocenters. The van der Waals surface area contributed by atoms with Crippen LogP contribution < -0.4 is 19.5 Å². The number of anilines is 1. The normalized spacial score (nSPS) is 11.6. The van der Waals surface area contributed by atoms with Crippen LogP contribution in [0.3, 0.4) is 0 Å². The predicted molar refractivity (Wildman–Crippen MR) is 130 cm³/mol. The van der Waals surface area contributed by atoms with Gasteiger partial charge in [0, 0.05) is 24.9 Å². The van der Waals surface area contributed by atoms with Crippen molar-refractivity contribution >= 4 is 27.7 Å². The first-order chi connectivity index (χ1) is 15.8. The van der Waals surface area contributed by atoms with E-state index < -0.39 is 15.9 Å². The number of carbonyl (C=O) groups excluding carboxylic acids is 1. The van der Waals surface area contributed by atoms with Crippen molar-refractivity contribution in [1.82, 2.24) is 4.31 Å². The largest absolute Gasteiger partial charge is 0.493 e. The molecule has 0 aliphatic rings. The summed E-state index contributed by atoms with van der Waals surface area (Å²) in [5, 5.41) is 2.71. The fourth-order valence-corrected chi connectivity index (χ4v) is 4.80. The average Bonchev–Trinajstić information content (AvgIpc) is 2.80. The van der Waals surface area contributed by atoms with E-state index in [1.807, 2.05) is 6.92 Å². The van der Waals surface area contributed by atoms with Gasteiger partial charge in [-0.25, -0.2) is 8.42 Å². The third-order valence-electron chi connectivity index (χ3n) is 4.75. The van der Waals surface area contributed by atoms with Gasteiger partial charge >= 0.3 is 0 Å². The highest BCUT2D eigenvalue weighted by Gasteiger charge is 2.26. The van der Waals surface area contributed by atoms with Crippen LogP contribution in [0.4, 0.5) is 5.69 Å². The minimum atomic E-state index is -3.77. The third kappa shape index (κ3) is 6.72. The summed E-state index contributed by atoms with van der Waals surface area (Å²) in [4.78, 5) is 12.5. The van der Waals surface area contributed by atoms with E-state index >= 15 is 0 Å². The lowest BCUT2D eigenvalue weighted by atomic mass is 10.2. The molecule has 0 atom stereocenters. The number of nitrogens with zero attached hydrogens (tertiary/aromatic N) is 1. The molecule has 0 aliphatic carbocycles. The number of nitrogens with one attached hydrogen (secondary N) is 1. The highest BCUT2D eigenvalue weighted by atomic mass is 32.2. The Morgan fingerprint density at radius 2 is 1.58 bits per heavy atom. The van der Waals surface area contributed by atoms with Crippen molar-refractivity contribution in [2.45, 2.75) is 32.6 Å². The maximum atomic E-state index is 13.1. The molecule has 0 aromatic heterocycles. The first-order valence-electron chi connectivity index (χ1n) is 10.9. The van der Waals surface area contributed by atoms with Crippen LogP contribution in [0.15, 0.2) is 47.4 Å². The third-order valence-corrected chi connectivity index (χ3v) is 6.82. The van der Waals surface area contributed by atoms with Crippen LogP contribution in [0.25, 0.3) is 6.08 Å². The Morgan fingerprint density at radius 1 is 0.939 bits per heavy atom. The molecule has 0 radical (unpaired) electrons. The average molecular weight is 477 g/mol. The summed E-state index contributed by atoms with van der Waals surface area (Å²) in [6.07, 6.45) is 3.01. The lowest BCUT2D eigenvalue weighted by Crippen LogP contribution is -2.31. The minimum absolute atomic E-state index is 0.0198. The first kappa shape index (κ1) is 26.2. The summed E-state index contributed by atoms with van der Waals surface area (Å²) in [6, 6.07) is 9.93. The predicted octanol–water partition coefficient (Wildman–Crippen LogP) is 4.18. The summed E-state index contributed by atoms with van der Waals surface area (Å²) >= 11 is 0. The second kappa shape index (κ2) is 12.3. The van der Waals surface area contributed by atoms with E-state index in [-0.39, 0.29) is 10.6 Å². The van der Waals surface area contributed by atoms with E-state index in [4.69, 9.17) is 14.2 Å². The topological polar surface area (TPSA) is 94.2 Å². The smallest absolute Gasteiger partial charge is 0.248 e. The van der Waals surface area contributed by atoms with Crippen LogP contribution in [0, 0.1) is 0 Å². The Bertz CT molecular complexity index is 1080. The molecular weight excluding hydrogens is 444 g/mol. The van der Waals surface area contributed by atoms with Crippen LogP contribution in [0.2, 0.25) is 0 Å². The fourth-order valence-electron chi connectivity index (χ4n) is 3.19. The Kier molecular flexibility index (Phi) is 9.74. The zero-order valence-electron chi connectivity index (χ0n) is 19.8. The molecule has 0 fully saturated rings. The lowest BCUT2D eigenvalue weighted by Gasteiger charge is -2.21. The first-order valence-corrected chi connectivity index (χ1v) is 12.3. The van der Waals surface area contributed by atoms with Gasteiger partial charge in [0.2, 0.25) is 15.9 Å². The molecule has 0 heterocycles. The quantitative estimate of drug-likeness (QED) is 0.462. The van der Waals surface area contributed by atoms with E-state index in [1.165, 1.54) is 16.4 Å². The Hall–Kier alpha value is -3.04. The molecule has 2 rings (SSSR count). The van der Waals surface area contributed by atoms with Crippen LogP contribution >= 0.6 is 0 Å². The molecular formula is C24H32N2O6S. The van der Waals surface area contributed by atoms with Crippen LogP contribution in [0.5, 0.6) is 17.2 Å². The number of ether oxygens (including phenoxy) is 3. The van der Waals surface area contributed by atoms with Crippen LogP contribution in [-0.4, -0.2) is 52.0 Å². The zero-order valence-corrected chi connectivity index (χ0v) is 20.6. The van der Waals surface area contributed by atoms with Gasteiger partial charge in [0.1, 0.15) is 10.6 Å². The molecule has 0 bridgehead atoms. The second-order valence-corrected chi connectivity index (χ2v) is 8.76.